The fourth-order valence-corrected chi connectivity index (χ4v) is 4.47. The van der Waals surface area contributed by atoms with Gasteiger partial charge in [0.25, 0.3) is 0 Å². The molecular weight excluding hydrogens is 335 g/mol. The van der Waals surface area contributed by atoms with Crippen LogP contribution in [0.4, 0.5) is 4.39 Å². The van der Waals surface area contributed by atoms with E-state index in [1.165, 1.54) is 12.1 Å². The van der Waals surface area contributed by atoms with Crippen molar-refractivity contribution in [3.05, 3.63) is 35.6 Å². The standard InChI is InChI=1S/C20H27FN2O3/c1-14-10-23(11-17(14)19(25)26)12-18(24)22-13-20(8-2-3-9-20)15-4-6-16(21)7-5-15/h4-7,14,17H,2-3,8-13H2,1H3,(H,22,24)(H,25,26)/t14-,17-/m1/s1. The number of benzene rings is 1. The Labute approximate surface area is 153 Å². The van der Waals surface area contributed by atoms with E-state index in [2.05, 4.69) is 5.32 Å². The third-order valence-electron chi connectivity index (χ3n) is 6.01. The largest absolute Gasteiger partial charge is 0.481 e. The molecule has 0 unspecified atom stereocenters. The number of hydrogen-bond acceptors (Lipinski definition) is 3. The van der Waals surface area contributed by atoms with Crippen molar-refractivity contribution in [3.8, 4) is 0 Å². The minimum absolute atomic E-state index is 0.0562. The number of halogens is 1. The summed E-state index contributed by atoms with van der Waals surface area (Å²) in [6.45, 7) is 3.75. The fourth-order valence-electron chi connectivity index (χ4n) is 4.47. The summed E-state index contributed by atoms with van der Waals surface area (Å²) in [5, 5.41) is 12.3. The Morgan fingerprint density at radius 2 is 1.88 bits per heavy atom. The van der Waals surface area contributed by atoms with Gasteiger partial charge in [-0.25, -0.2) is 4.39 Å². The quantitative estimate of drug-likeness (QED) is 0.815. The van der Waals surface area contributed by atoms with Crippen molar-refractivity contribution < 1.29 is 19.1 Å². The minimum Gasteiger partial charge on any atom is -0.481 e. The van der Waals surface area contributed by atoms with Crippen LogP contribution in [0.25, 0.3) is 0 Å². The van der Waals surface area contributed by atoms with Crippen molar-refractivity contribution in [1.82, 2.24) is 10.2 Å². The molecule has 142 valence electrons. The van der Waals surface area contributed by atoms with E-state index in [9.17, 15) is 19.1 Å². The number of carbonyl (C=O) groups excluding carboxylic acids is 1. The number of hydrogen-bond donors (Lipinski definition) is 2. The predicted octanol–water partition coefficient (Wildman–Crippen LogP) is 2.41. The zero-order chi connectivity index (χ0) is 18.7. The number of amides is 1. The number of rotatable bonds is 6. The van der Waals surface area contributed by atoms with Crippen LogP contribution < -0.4 is 5.32 Å². The van der Waals surface area contributed by atoms with E-state index in [0.29, 0.717) is 19.6 Å². The van der Waals surface area contributed by atoms with Gasteiger partial charge in [0.05, 0.1) is 12.5 Å². The van der Waals surface area contributed by atoms with Crippen LogP contribution in [0.3, 0.4) is 0 Å². The van der Waals surface area contributed by atoms with E-state index in [0.717, 1.165) is 31.2 Å². The first kappa shape index (κ1) is 18.8. The van der Waals surface area contributed by atoms with Crippen LogP contribution in [-0.2, 0) is 15.0 Å². The van der Waals surface area contributed by atoms with E-state index in [4.69, 9.17) is 0 Å². The number of aliphatic carboxylic acids is 1. The first-order valence-electron chi connectivity index (χ1n) is 9.37. The normalized spacial score (nSPS) is 25.3. The predicted molar refractivity (Wildman–Crippen MR) is 96.3 cm³/mol. The molecule has 1 aliphatic carbocycles. The lowest BCUT2D eigenvalue weighted by Gasteiger charge is -2.30. The molecule has 3 rings (SSSR count). The number of nitrogens with zero attached hydrogens (tertiary/aromatic N) is 1. The summed E-state index contributed by atoms with van der Waals surface area (Å²) in [6, 6.07) is 6.61. The summed E-state index contributed by atoms with van der Waals surface area (Å²) >= 11 is 0. The van der Waals surface area contributed by atoms with Gasteiger partial charge in [0.15, 0.2) is 0 Å². The molecule has 0 bridgehead atoms. The highest BCUT2D eigenvalue weighted by molar-refractivity contribution is 5.78. The third kappa shape index (κ3) is 4.06. The summed E-state index contributed by atoms with van der Waals surface area (Å²) in [5.41, 5.74) is 0.961. The maximum Gasteiger partial charge on any atom is 0.308 e. The first-order chi connectivity index (χ1) is 12.4. The number of carboxylic acid groups (broad SMARTS) is 1. The molecule has 5 nitrogen and oxygen atoms in total. The van der Waals surface area contributed by atoms with Gasteiger partial charge < -0.3 is 10.4 Å². The van der Waals surface area contributed by atoms with Gasteiger partial charge in [-0.2, -0.15) is 0 Å². The van der Waals surface area contributed by atoms with Gasteiger partial charge in [-0.3, -0.25) is 14.5 Å². The number of nitrogens with one attached hydrogen (secondary N) is 1. The lowest BCUT2D eigenvalue weighted by atomic mass is 9.79. The topological polar surface area (TPSA) is 69.6 Å². The summed E-state index contributed by atoms with van der Waals surface area (Å²) in [7, 11) is 0. The van der Waals surface area contributed by atoms with Gasteiger partial charge in [0.1, 0.15) is 5.82 Å². The van der Waals surface area contributed by atoms with Gasteiger partial charge in [-0.1, -0.05) is 31.9 Å². The Morgan fingerprint density at radius 1 is 1.23 bits per heavy atom. The molecule has 1 aromatic carbocycles. The van der Waals surface area contributed by atoms with Gasteiger partial charge in [0, 0.05) is 25.0 Å². The Morgan fingerprint density at radius 3 is 2.46 bits per heavy atom. The molecule has 0 radical (unpaired) electrons. The van der Waals surface area contributed by atoms with Crippen molar-refractivity contribution in [2.75, 3.05) is 26.2 Å². The van der Waals surface area contributed by atoms with Crippen LogP contribution in [0, 0.1) is 17.7 Å². The molecule has 1 saturated carbocycles. The van der Waals surface area contributed by atoms with E-state index in [1.54, 1.807) is 0 Å². The van der Waals surface area contributed by atoms with Crippen LogP contribution >= 0.6 is 0 Å². The Kier molecular flexibility index (Phi) is 5.61. The van der Waals surface area contributed by atoms with Crippen LogP contribution in [0.1, 0.15) is 38.2 Å². The zero-order valence-corrected chi connectivity index (χ0v) is 15.2. The summed E-state index contributed by atoms with van der Waals surface area (Å²) in [4.78, 5) is 25.5. The van der Waals surface area contributed by atoms with Crippen molar-refractivity contribution >= 4 is 11.9 Å². The van der Waals surface area contributed by atoms with Crippen molar-refractivity contribution in [2.45, 2.75) is 38.0 Å². The maximum absolute atomic E-state index is 13.2. The van der Waals surface area contributed by atoms with Crippen LogP contribution in [0.2, 0.25) is 0 Å². The Bertz CT molecular complexity index is 656. The van der Waals surface area contributed by atoms with E-state index in [-0.39, 0.29) is 29.6 Å². The molecule has 1 saturated heterocycles. The summed E-state index contributed by atoms with van der Waals surface area (Å²) in [6.07, 6.45) is 4.19. The highest BCUT2D eigenvalue weighted by Crippen LogP contribution is 2.40. The summed E-state index contributed by atoms with van der Waals surface area (Å²) < 4.78 is 13.2. The molecule has 6 heteroatoms. The molecule has 1 heterocycles. The number of likely N-dealkylation sites (tertiary alicyclic amines) is 1. The fraction of sp³-hybridized carbons (Fsp3) is 0.600. The van der Waals surface area contributed by atoms with Crippen molar-refractivity contribution in [1.29, 1.82) is 0 Å². The van der Waals surface area contributed by atoms with Gasteiger partial charge in [-0.05, 0) is 36.5 Å². The molecule has 0 spiro atoms. The highest BCUT2D eigenvalue weighted by atomic mass is 19.1. The van der Waals surface area contributed by atoms with Crippen molar-refractivity contribution in [3.63, 3.8) is 0 Å². The molecule has 0 aromatic heterocycles. The number of carbonyl (C=O) groups is 2. The van der Waals surface area contributed by atoms with Crippen LogP contribution in [0.5, 0.6) is 0 Å². The second-order valence-corrected chi connectivity index (χ2v) is 7.89. The van der Waals surface area contributed by atoms with Crippen molar-refractivity contribution in [2.24, 2.45) is 11.8 Å². The zero-order valence-electron chi connectivity index (χ0n) is 15.2. The molecule has 2 aliphatic rings. The lowest BCUT2D eigenvalue weighted by Crippen LogP contribution is -2.43. The van der Waals surface area contributed by atoms with Gasteiger partial charge in [-0.15, -0.1) is 0 Å². The minimum atomic E-state index is -0.790. The van der Waals surface area contributed by atoms with Crippen LogP contribution in [0.15, 0.2) is 24.3 Å². The molecule has 26 heavy (non-hydrogen) atoms. The molecule has 2 atom stereocenters. The average molecular weight is 362 g/mol. The summed E-state index contributed by atoms with van der Waals surface area (Å²) in [5.74, 6) is -1.45. The average Bonchev–Trinajstić information content (AvgIpc) is 3.21. The number of carboxylic acids is 1. The first-order valence-corrected chi connectivity index (χ1v) is 9.37. The monoisotopic (exact) mass is 362 g/mol. The second kappa shape index (κ2) is 7.74. The SMILES string of the molecule is C[C@@H]1CN(CC(=O)NCC2(c3ccc(F)cc3)CCCC2)C[C@H]1C(=O)O. The van der Waals surface area contributed by atoms with Gasteiger partial charge in [0.2, 0.25) is 5.91 Å². The van der Waals surface area contributed by atoms with E-state index < -0.39 is 11.9 Å². The highest BCUT2D eigenvalue weighted by Gasteiger charge is 2.37. The molecular formula is C20H27FN2O3. The van der Waals surface area contributed by atoms with Gasteiger partial charge >= 0.3 is 5.97 Å². The lowest BCUT2D eigenvalue weighted by molar-refractivity contribution is -0.142. The second-order valence-electron chi connectivity index (χ2n) is 7.89. The maximum atomic E-state index is 13.2. The Balaban J connectivity index is 1.57. The molecule has 2 N–H and O–H groups in total. The molecule has 2 fully saturated rings. The smallest absolute Gasteiger partial charge is 0.308 e. The third-order valence-corrected chi connectivity index (χ3v) is 6.01. The van der Waals surface area contributed by atoms with Crippen LogP contribution in [-0.4, -0.2) is 48.1 Å². The Hall–Kier alpha value is -1.95. The molecule has 1 amide bonds. The van der Waals surface area contributed by atoms with E-state index >= 15 is 0 Å². The molecule has 1 aliphatic heterocycles. The molecule has 1 aromatic rings. The van der Waals surface area contributed by atoms with E-state index in [1.807, 2.05) is 24.0 Å².